The zero-order chi connectivity index (χ0) is 12.9. The second kappa shape index (κ2) is 5.50. The van der Waals surface area contributed by atoms with Crippen LogP contribution in [0.25, 0.3) is 0 Å². The van der Waals surface area contributed by atoms with Crippen molar-refractivity contribution < 1.29 is 13.2 Å². The molecule has 0 bridgehead atoms. The third kappa shape index (κ3) is 3.60. The Bertz CT molecular complexity index is 554. The van der Waals surface area contributed by atoms with Crippen LogP contribution in [0.3, 0.4) is 0 Å². The van der Waals surface area contributed by atoms with Crippen molar-refractivity contribution in [3.8, 4) is 5.75 Å². The molecule has 0 saturated heterocycles. The molecule has 0 N–H and O–H groups in total. The molecule has 0 fully saturated rings. The number of hydrogen-bond acceptors (Lipinski definition) is 3. The molecule has 3 nitrogen and oxygen atoms in total. The number of rotatable bonds is 5. The minimum absolute atomic E-state index is 0.150. The average Bonchev–Trinajstić information content (AvgIpc) is 2.27. The summed E-state index contributed by atoms with van der Waals surface area (Å²) in [5.74, 6) is 0.721. The SMILES string of the molecule is C=C/C=C(\C=C)Oc1ccccc1S(C)(=O)=O. The second-order valence-electron chi connectivity index (χ2n) is 3.33. The van der Waals surface area contributed by atoms with E-state index in [2.05, 4.69) is 13.2 Å². The lowest BCUT2D eigenvalue weighted by molar-refractivity contribution is 0.432. The second-order valence-corrected chi connectivity index (χ2v) is 5.31. The van der Waals surface area contributed by atoms with Crippen LogP contribution in [0, 0.1) is 0 Å². The van der Waals surface area contributed by atoms with E-state index in [0.717, 1.165) is 6.26 Å². The smallest absolute Gasteiger partial charge is 0.179 e. The lowest BCUT2D eigenvalue weighted by atomic mass is 10.3. The molecule has 0 aliphatic carbocycles. The van der Waals surface area contributed by atoms with Gasteiger partial charge < -0.3 is 4.74 Å². The molecule has 17 heavy (non-hydrogen) atoms. The van der Waals surface area contributed by atoms with Gasteiger partial charge in [-0.2, -0.15) is 0 Å². The van der Waals surface area contributed by atoms with Crippen molar-refractivity contribution in [2.24, 2.45) is 0 Å². The van der Waals surface area contributed by atoms with Crippen LogP contribution in [0.1, 0.15) is 0 Å². The Balaban J connectivity index is 3.20. The lowest BCUT2D eigenvalue weighted by Gasteiger charge is -2.09. The average molecular weight is 250 g/mol. The lowest BCUT2D eigenvalue weighted by Crippen LogP contribution is -2.02. The Labute approximate surface area is 102 Å². The van der Waals surface area contributed by atoms with Gasteiger partial charge in [-0.25, -0.2) is 8.42 Å². The highest BCUT2D eigenvalue weighted by molar-refractivity contribution is 7.90. The van der Waals surface area contributed by atoms with E-state index in [1.54, 1.807) is 30.4 Å². The zero-order valence-electron chi connectivity index (χ0n) is 9.59. The summed E-state index contributed by atoms with van der Waals surface area (Å²) in [4.78, 5) is 0.150. The van der Waals surface area contributed by atoms with Gasteiger partial charge in [-0.1, -0.05) is 31.4 Å². The highest BCUT2D eigenvalue weighted by atomic mass is 32.2. The molecule has 0 radical (unpaired) electrons. The Morgan fingerprint density at radius 1 is 1.29 bits per heavy atom. The topological polar surface area (TPSA) is 43.4 Å². The van der Waals surface area contributed by atoms with E-state index in [9.17, 15) is 8.42 Å². The fourth-order valence-electron chi connectivity index (χ4n) is 1.23. The molecule has 90 valence electrons. The third-order valence-corrected chi connectivity index (χ3v) is 3.10. The van der Waals surface area contributed by atoms with E-state index in [4.69, 9.17) is 4.74 Å². The van der Waals surface area contributed by atoms with Crippen molar-refractivity contribution in [2.75, 3.05) is 6.26 Å². The molecule has 4 heteroatoms. The first-order chi connectivity index (χ1) is 7.99. The van der Waals surface area contributed by atoms with Crippen LogP contribution in [0.2, 0.25) is 0 Å². The van der Waals surface area contributed by atoms with Crippen LogP contribution in [-0.4, -0.2) is 14.7 Å². The number of hydrogen-bond donors (Lipinski definition) is 0. The van der Waals surface area contributed by atoms with Gasteiger partial charge in [-0.15, -0.1) is 0 Å². The monoisotopic (exact) mass is 250 g/mol. The summed E-state index contributed by atoms with van der Waals surface area (Å²) < 4.78 is 28.5. The van der Waals surface area contributed by atoms with Gasteiger partial charge in [-0.3, -0.25) is 0 Å². The van der Waals surface area contributed by atoms with Crippen molar-refractivity contribution >= 4 is 9.84 Å². The fraction of sp³-hybridized carbons (Fsp3) is 0.0769. The number of allylic oxidation sites excluding steroid dienone is 3. The molecule has 0 amide bonds. The highest BCUT2D eigenvalue weighted by Crippen LogP contribution is 2.25. The van der Waals surface area contributed by atoms with Gasteiger partial charge in [0, 0.05) is 6.26 Å². The summed E-state index contributed by atoms with van der Waals surface area (Å²) in [6.45, 7) is 7.12. The van der Waals surface area contributed by atoms with Crippen molar-refractivity contribution in [3.63, 3.8) is 0 Å². The Kier molecular flexibility index (Phi) is 4.29. The van der Waals surface area contributed by atoms with Crippen LogP contribution in [0.15, 0.2) is 66.3 Å². The normalized spacial score (nSPS) is 11.9. The molecule has 1 aromatic carbocycles. The van der Waals surface area contributed by atoms with Crippen LogP contribution in [0.5, 0.6) is 5.75 Å². The number of ether oxygens (including phenoxy) is 1. The van der Waals surface area contributed by atoms with Gasteiger partial charge in [0.2, 0.25) is 0 Å². The van der Waals surface area contributed by atoms with Crippen molar-refractivity contribution in [2.45, 2.75) is 4.90 Å². The predicted molar refractivity (Wildman–Crippen MR) is 68.7 cm³/mol. The maximum Gasteiger partial charge on any atom is 0.179 e. The molecule has 0 aliphatic rings. The molecule has 1 rings (SSSR count). The van der Waals surface area contributed by atoms with Crippen molar-refractivity contribution in [1.29, 1.82) is 0 Å². The van der Waals surface area contributed by atoms with Gasteiger partial charge in [0.1, 0.15) is 16.4 Å². The molecule has 1 aromatic rings. The minimum Gasteiger partial charge on any atom is -0.456 e. The maximum atomic E-state index is 11.5. The summed E-state index contributed by atoms with van der Waals surface area (Å²) in [6, 6.07) is 6.45. The van der Waals surface area contributed by atoms with Crippen LogP contribution in [0.4, 0.5) is 0 Å². The third-order valence-electron chi connectivity index (χ3n) is 1.96. The predicted octanol–water partition coefficient (Wildman–Crippen LogP) is 2.72. The first-order valence-electron chi connectivity index (χ1n) is 4.91. The van der Waals surface area contributed by atoms with Crippen LogP contribution < -0.4 is 4.74 Å². The van der Waals surface area contributed by atoms with Crippen LogP contribution >= 0.6 is 0 Å². The Morgan fingerprint density at radius 3 is 2.47 bits per heavy atom. The maximum absolute atomic E-state index is 11.5. The Morgan fingerprint density at radius 2 is 1.94 bits per heavy atom. The molecule has 0 aliphatic heterocycles. The summed E-state index contributed by atoms with van der Waals surface area (Å²) in [5, 5.41) is 0. The molecule has 0 atom stereocenters. The van der Waals surface area contributed by atoms with Gasteiger partial charge in [0.15, 0.2) is 9.84 Å². The highest BCUT2D eigenvalue weighted by Gasteiger charge is 2.14. The van der Waals surface area contributed by atoms with Crippen molar-refractivity contribution in [1.82, 2.24) is 0 Å². The largest absolute Gasteiger partial charge is 0.456 e. The van der Waals surface area contributed by atoms with E-state index >= 15 is 0 Å². The Hall–Kier alpha value is -1.81. The molecule has 0 heterocycles. The molecule has 0 aromatic heterocycles. The van der Waals surface area contributed by atoms with E-state index in [1.165, 1.54) is 12.1 Å². The molecular formula is C13H14O3S. The molecule has 0 unspecified atom stereocenters. The number of sulfone groups is 1. The quantitative estimate of drug-likeness (QED) is 0.596. The molecule has 0 spiro atoms. The van der Waals surface area contributed by atoms with Gasteiger partial charge in [0.25, 0.3) is 0 Å². The zero-order valence-corrected chi connectivity index (χ0v) is 10.4. The summed E-state index contributed by atoms with van der Waals surface area (Å²) in [7, 11) is -3.31. The van der Waals surface area contributed by atoms with Crippen LogP contribution in [-0.2, 0) is 9.84 Å². The van der Waals surface area contributed by atoms with E-state index in [1.807, 2.05) is 0 Å². The summed E-state index contributed by atoms with van der Waals surface area (Å²) in [5.41, 5.74) is 0. The van der Waals surface area contributed by atoms with E-state index in [0.29, 0.717) is 5.76 Å². The van der Waals surface area contributed by atoms with Gasteiger partial charge in [-0.05, 0) is 24.3 Å². The van der Waals surface area contributed by atoms with Gasteiger partial charge in [0.05, 0.1) is 0 Å². The number of para-hydroxylation sites is 1. The molecular weight excluding hydrogens is 236 g/mol. The number of benzene rings is 1. The standard InChI is InChI=1S/C13H14O3S/c1-4-8-11(5-2)16-12-9-6-7-10-13(12)17(3,14)15/h4-10H,1-2H2,3H3/b11-8+. The minimum atomic E-state index is -3.31. The summed E-state index contributed by atoms with van der Waals surface area (Å²) >= 11 is 0. The van der Waals surface area contributed by atoms with E-state index in [-0.39, 0.29) is 10.6 Å². The first-order valence-corrected chi connectivity index (χ1v) is 6.80. The molecule has 0 saturated carbocycles. The first kappa shape index (κ1) is 13.3. The van der Waals surface area contributed by atoms with E-state index < -0.39 is 9.84 Å². The van der Waals surface area contributed by atoms with Gasteiger partial charge >= 0.3 is 0 Å². The fourth-order valence-corrected chi connectivity index (χ4v) is 2.03. The van der Waals surface area contributed by atoms with Crippen molar-refractivity contribution in [3.05, 3.63) is 61.4 Å². The summed E-state index contributed by atoms with van der Waals surface area (Å²) in [6.07, 6.45) is 5.77.